The highest BCUT2D eigenvalue weighted by Gasteiger charge is 2.38. The lowest BCUT2D eigenvalue weighted by Gasteiger charge is -2.42. The summed E-state index contributed by atoms with van der Waals surface area (Å²) in [5, 5.41) is 0. The highest BCUT2D eigenvalue weighted by molar-refractivity contribution is 5.34. The van der Waals surface area contributed by atoms with E-state index in [1.165, 1.54) is 31.5 Å². The van der Waals surface area contributed by atoms with Crippen LogP contribution in [0.4, 0.5) is 0 Å². The summed E-state index contributed by atoms with van der Waals surface area (Å²) in [6.45, 7) is 9.12. The van der Waals surface area contributed by atoms with Crippen molar-refractivity contribution in [3.8, 4) is 5.75 Å². The number of hydrogen-bond acceptors (Lipinski definition) is 3. The van der Waals surface area contributed by atoms with Gasteiger partial charge in [0.1, 0.15) is 5.75 Å². The molecule has 21 heavy (non-hydrogen) atoms. The van der Waals surface area contributed by atoms with Gasteiger partial charge in [-0.3, -0.25) is 4.90 Å². The van der Waals surface area contributed by atoms with Crippen molar-refractivity contribution >= 4 is 0 Å². The standard InChI is InChI=1S/C18H30N2O/c1-14(2)13-18(19,15(3)20-10-5-6-11-20)16-8-7-9-17(12-16)21-4/h7-9,12,14-15H,5-6,10-11,13,19H2,1-4H3. The van der Waals surface area contributed by atoms with E-state index in [0.29, 0.717) is 12.0 Å². The second-order valence-electron chi connectivity index (χ2n) is 6.79. The van der Waals surface area contributed by atoms with Crippen LogP contribution in [0.15, 0.2) is 24.3 Å². The van der Waals surface area contributed by atoms with Crippen LogP contribution in [0.2, 0.25) is 0 Å². The Balaban J connectivity index is 2.34. The third kappa shape index (κ3) is 3.58. The minimum Gasteiger partial charge on any atom is -0.497 e. The smallest absolute Gasteiger partial charge is 0.119 e. The van der Waals surface area contributed by atoms with Gasteiger partial charge in [-0.05, 0) is 62.9 Å². The fourth-order valence-corrected chi connectivity index (χ4v) is 3.57. The maximum atomic E-state index is 6.97. The van der Waals surface area contributed by atoms with Crippen LogP contribution in [0.25, 0.3) is 0 Å². The molecule has 1 saturated heterocycles. The summed E-state index contributed by atoms with van der Waals surface area (Å²) in [7, 11) is 1.71. The van der Waals surface area contributed by atoms with Crippen molar-refractivity contribution in [2.24, 2.45) is 11.7 Å². The number of likely N-dealkylation sites (tertiary alicyclic amines) is 1. The zero-order valence-corrected chi connectivity index (χ0v) is 13.9. The molecule has 0 bridgehead atoms. The fraction of sp³-hybridized carbons (Fsp3) is 0.667. The molecule has 2 unspecified atom stereocenters. The van der Waals surface area contributed by atoms with Crippen molar-refractivity contribution < 1.29 is 4.74 Å². The Morgan fingerprint density at radius 1 is 1.24 bits per heavy atom. The van der Waals surface area contributed by atoms with Crippen LogP contribution < -0.4 is 10.5 Å². The number of rotatable bonds is 6. The van der Waals surface area contributed by atoms with Crippen molar-refractivity contribution in [2.45, 2.75) is 51.6 Å². The van der Waals surface area contributed by atoms with Gasteiger partial charge in [-0.25, -0.2) is 0 Å². The predicted octanol–water partition coefficient (Wildman–Crippen LogP) is 3.38. The molecule has 0 spiro atoms. The maximum absolute atomic E-state index is 6.97. The zero-order valence-electron chi connectivity index (χ0n) is 13.9. The van der Waals surface area contributed by atoms with Crippen molar-refractivity contribution in [1.29, 1.82) is 0 Å². The molecule has 1 aliphatic heterocycles. The van der Waals surface area contributed by atoms with Crippen LogP contribution in [0.1, 0.15) is 45.6 Å². The number of ether oxygens (including phenoxy) is 1. The summed E-state index contributed by atoms with van der Waals surface area (Å²) in [6, 6.07) is 8.63. The average Bonchev–Trinajstić information content (AvgIpc) is 2.99. The molecule has 2 atom stereocenters. The molecule has 1 heterocycles. The molecule has 2 N–H and O–H groups in total. The van der Waals surface area contributed by atoms with Crippen LogP contribution in [0.3, 0.4) is 0 Å². The van der Waals surface area contributed by atoms with Crippen LogP contribution in [0, 0.1) is 5.92 Å². The summed E-state index contributed by atoms with van der Waals surface area (Å²) in [6.07, 6.45) is 3.57. The van der Waals surface area contributed by atoms with E-state index in [0.717, 1.165) is 12.2 Å². The summed E-state index contributed by atoms with van der Waals surface area (Å²) < 4.78 is 5.39. The molecule has 0 radical (unpaired) electrons. The third-order valence-electron chi connectivity index (χ3n) is 4.79. The highest BCUT2D eigenvalue weighted by Crippen LogP contribution is 2.35. The van der Waals surface area contributed by atoms with E-state index in [1.807, 2.05) is 12.1 Å². The Hall–Kier alpha value is -1.06. The van der Waals surface area contributed by atoms with Crippen LogP contribution in [-0.4, -0.2) is 31.1 Å². The molecule has 1 aliphatic rings. The normalized spacial score (nSPS) is 20.5. The molecule has 3 nitrogen and oxygen atoms in total. The minimum absolute atomic E-state index is 0.326. The van der Waals surface area contributed by atoms with E-state index < -0.39 is 0 Å². The molecular formula is C18H30N2O. The lowest BCUT2D eigenvalue weighted by molar-refractivity contribution is 0.140. The SMILES string of the molecule is COc1cccc(C(N)(CC(C)C)C(C)N2CCCC2)c1. The average molecular weight is 290 g/mol. The van der Waals surface area contributed by atoms with E-state index >= 15 is 0 Å². The molecule has 1 aromatic rings. The fourth-order valence-electron chi connectivity index (χ4n) is 3.57. The van der Waals surface area contributed by atoms with Gasteiger partial charge in [-0.1, -0.05) is 26.0 Å². The maximum Gasteiger partial charge on any atom is 0.119 e. The third-order valence-corrected chi connectivity index (χ3v) is 4.79. The summed E-state index contributed by atoms with van der Waals surface area (Å²) in [5.41, 5.74) is 7.83. The Kier molecular flexibility index (Phi) is 5.28. The van der Waals surface area contributed by atoms with Gasteiger partial charge in [0.15, 0.2) is 0 Å². The number of nitrogens with zero attached hydrogens (tertiary/aromatic N) is 1. The van der Waals surface area contributed by atoms with E-state index in [2.05, 4.69) is 37.8 Å². The van der Waals surface area contributed by atoms with Gasteiger partial charge in [0.25, 0.3) is 0 Å². The van der Waals surface area contributed by atoms with Crippen molar-refractivity contribution in [1.82, 2.24) is 4.90 Å². The van der Waals surface area contributed by atoms with E-state index in [4.69, 9.17) is 10.5 Å². The van der Waals surface area contributed by atoms with Gasteiger partial charge in [0.2, 0.25) is 0 Å². The van der Waals surface area contributed by atoms with Gasteiger partial charge in [0.05, 0.1) is 12.6 Å². The van der Waals surface area contributed by atoms with Crippen molar-refractivity contribution in [3.05, 3.63) is 29.8 Å². The lowest BCUT2D eigenvalue weighted by Crippen LogP contribution is -2.54. The molecule has 0 amide bonds. The second-order valence-corrected chi connectivity index (χ2v) is 6.79. The molecule has 1 aromatic carbocycles. The van der Waals surface area contributed by atoms with Gasteiger partial charge in [-0.2, -0.15) is 0 Å². The van der Waals surface area contributed by atoms with Gasteiger partial charge >= 0.3 is 0 Å². The minimum atomic E-state index is -0.326. The van der Waals surface area contributed by atoms with Gasteiger partial charge in [-0.15, -0.1) is 0 Å². The Morgan fingerprint density at radius 3 is 2.48 bits per heavy atom. The van der Waals surface area contributed by atoms with Crippen LogP contribution in [0.5, 0.6) is 5.75 Å². The molecule has 0 aromatic heterocycles. The highest BCUT2D eigenvalue weighted by atomic mass is 16.5. The molecule has 2 rings (SSSR count). The van der Waals surface area contributed by atoms with Crippen molar-refractivity contribution in [3.63, 3.8) is 0 Å². The molecule has 1 fully saturated rings. The van der Waals surface area contributed by atoms with Gasteiger partial charge < -0.3 is 10.5 Å². The number of methoxy groups -OCH3 is 1. The van der Waals surface area contributed by atoms with Crippen molar-refractivity contribution in [2.75, 3.05) is 20.2 Å². The van der Waals surface area contributed by atoms with Crippen LogP contribution >= 0.6 is 0 Å². The zero-order chi connectivity index (χ0) is 15.5. The molecular weight excluding hydrogens is 260 g/mol. The van der Waals surface area contributed by atoms with E-state index in [1.54, 1.807) is 7.11 Å². The first-order valence-corrected chi connectivity index (χ1v) is 8.15. The molecule has 0 saturated carbocycles. The summed E-state index contributed by atoms with van der Waals surface area (Å²) in [5.74, 6) is 1.45. The van der Waals surface area contributed by atoms with E-state index in [-0.39, 0.29) is 5.54 Å². The number of hydrogen-bond donors (Lipinski definition) is 1. The largest absolute Gasteiger partial charge is 0.497 e. The monoisotopic (exact) mass is 290 g/mol. The summed E-state index contributed by atoms with van der Waals surface area (Å²) >= 11 is 0. The quantitative estimate of drug-likeness (QED) is 0.873. The Labute approximate surface area is 129 Å². The topological polar surface area (TPSA) is 38.5 Å². The van der Waals surface area contributed by atoms with E-state index in [9.17, 15) is 0 Å². The molecule has 0 aliphatic carbocycles. The second kappa shape index (κ2) is 6.80. The molecule has 118 valence electrons. The summed E-state index contributed by atoms with van der Waals surface area (Å²) in [4.78, 5) is 2.54. The van der Waals surface area contributed by atoms with Crippen LogP contribution in [-0.2, 0) is 5.54 Å². The number of nitrogens with two attached hydrogens (primary N) is 1. The lowest BCUT2D eigenvalue weighted by atomic mass is 9.77. The molecule has 3 heteroatoms. The first-order chi connectivity index (χ1) is 9.97. The first-order valence-electron chi connectivity index (χ1n) is 8.15. The Morgan fingerprint density at radius 2 is 1.90 bits per heavy atom. The Bertz CT molecular complexity index is 454. The first kappa shape index (κ1) is 16.3. The predicted molar refractivity (Wildman–Crippen MR) is 88.6 cm³/mol. The number of benzene rings is 1. The van der Waals surface area contributed by atoms with Gasteiger partial charge in [0, 0.05) is 6.04 Å².